The maximum absolute atomic E-state index is 4.62. The van der Waals surface area contributed by atoms with Gasteiger partial charge in [-0.1, -0.05) is 0 Å². The molecule has 1 aliphatic heterocycles. The fourth-order valence-corrected chi connectivity index (χ4v) is 3.79. The Labute approximate surface area is 126 Å². The van der Waals surface area contributed by atoms with Crippen molar-refractivity contribution in [3.05, 3.63) is 11.1 Å². The van der Waals surface area contributed by atoms with Crippen molar-refractivity contribution >= 4 is 16.5 Å². The van der Waals surface area contributed by atoms with E-state index >= 15 is 0 Å². The highest BCUT2D eigenvalue weighted by molar-refractivity contribution is 7.15. The zero-order valence-electron chi connectivity index (χ0n) is 12.6. The standard InChI is InChI=1S/C15H26N4S/c1-18(2)11-12-5-7-19(8-6-12)15-17-10-14(20-15)9-16-13-3-4-13/h10,12-13,16H,3-9,11H2,1-2H3. The van der Waals surface area contributed by atoms with Crippen molar-refractivity contribution in [1.82, 2.24) is 15.2 Å². The van der Waals surface area contributed by atoms with Crippen molar-refractivity contribution in [2.45, 2.75) is 38.3 Å². The molecule has 3 rings (SSSR count). The summed E-state index contributed by atoms with van der Waals surface area (Å²) in [6, 6.07) is 0.780. The second-order valence-electron chi connectivity index (χ2n) is 6.46. The number of hydrogen-bond acceptors (Lipinski definition) is 5. The summed E-state index contributed by atoms with van der Waals surface area (Å²) in [4.78, 5) is 10.8. The molecule has 2 heterocycles. The lowest BCUT2D eigenvalue weighted by molar-refractivity contribution is 0.285. The molecule has 0 atom stereocenters. The monoisotopic (exact) mass is 294 g/mol. The first-order chi connectivity index (χ1) is 9.70. The first-order valence-electron chi connectivity index (χ1n) is 7.78. The summed E-state index contributed by atoms with van der Waals surface area (Å²) in [6.45, 7) is 4.56. The minimum Gasteiger partial charge on any atom is -0.348 e. The molecule has 0 spiro atoms. The van der Waals surface area contributed by atoms with Gasteiger partial charge in [0.1, 0.15) is 0 Å². The van der Waals surface area contributed by atoms with Gasteiger partial charge in [0.25, 0.3) is 0 Å². The lowest BCUT2D eigenvalue weighted by Crippen LogP contribution is -2.37. The van der Waals surface area contributed by atoms with E-state index in [0.29, 0.717) is 0 Å². The Hall–Kier alpha value is -0.650. The molecule has 0 bridgehead atoms. The molecule has 4 nitrogen and oxygen atoms in total. The molecular formula is C15H26N4S. The van der Waals surface area contributed by atoms with E-state index in [2.05, 4.69) is 40.4 Å². The van der Waals surface area contributed by atoms with Gasteiger partial charge >= 0.3 is 0 Å². The van der Waals surface area contributed by atoms with Crippen molar-refractivity contribution in [2.24, 2.45) is 5.92 Å². The molecule has 5 heteroatoms. The zero-order valence-corrected chi connectivity index (χ0v) is 13.5. The average molecular weight is 294 g/mol. The number of hydrogen-bond donors (Lipinski definition) is 1. The zero-order chi connectivity index (χ0) is 13.9. The van der Waals surface area contributed by atoms with Crippen LogP contribution in [0.15, 0.2) is 6.20 Å². The van der Waals surface area contributed by atoms with Gasteiger partial charge < -0.3 is 15.1 Å². The second-order valence-corrected chi connectivity index (χ2v) is 7.55. The molecule has 1 saturated heterocycles. The van der Waals surface area contributed by atoms with Crippen LogP contribution >= 0.6 is 11.3 Å². The van der Waals surface area contributed by atoms with E-state index in [0.717, 1.165) is 18.5 Å². The second kappa shape index (κ2) is 6.41. The van der Waals surface area contributed by atoms with E-state index in [1.54, 1.807) is 0 Å². The third-order valence-electron chi connectivity index (χ3n) is 4.19. The molecule has 1 aromatic rings. The first kappa shape index (κ1) is 14.3. The molecule has 20 heavy (non-hydrogen) atoms. The van der Waals surface area contributed by atoms with Gasteiger partial charge in [-0.25, -0.2) is 4.98 Å². The van der Waals surface area contributed by atoms with Crippen molar-refractivity contribution in [1.29, 1.82) is 0 Å². The Balaban J connectivity index is 1.47. The number of nitrogens with one attached hydrogen (secondary N) is 1. The summed E-state index contributed by atoms with van der Waals surface area (Å²) in [5.41, 5.74) is 0. The van der Waals surface area contributed by atoms with Gasteiger partial charge in [-0.2, -0.15) is 0 Å². The summed E-state index contributed by atoms with van der Waals surface area (Å²) in [5, 5.41) is 4.79. The van der Waals surface area contributed by atoms with Crippen LogP contribution in [0, 0.1) is 5.92 Å². The van der Waals surface area contributed by atoms with Gasteiger partial charge in [0, 0.05) is 43.3 Å². The SMILES string of the molecule is CN(C)CC1CCN(c2ncc(CNC3CC3)s2)CC1. The highest BCUT2D eigenvalue weighted by Gasteiger charge is 2.23. The molecule has 1 aliphatic carbocycles. The van der Waals surface area contributed by atoms with Gasteiger partial charge in [-0.3, -0.25) is 0 Å². The summed E-state index contributed by atoms with van der Waals surface area (Å²) in [7, 11) is 4.35. The minimum atomic E-state index is 0.780. The number of thiazole rings is 1. The highest BCUT2D eigenvalue weighted by Crippen LogP contribution is 2.28. The molecule has 0 amide bonds. The Bertz CT molecular complexity index is 419. The van der Waals surface area contributed by atoms with Crippen LogP contribution in [0.3, 0.4) is 0 Å². The predicted octanol–water partition coefficient (Wildman–Crippen LogP) is 2.17. The molecule has 0 radical (unpaired) electrons. The smallest absolute Gasteiger partial charge is 0.185 e. The molecule has 2 fully saturated rings. The van der Waals surface area contributed by atoms with Gasteiger partial charge in [0.15, 0.2) is 5.13 Å². The molecule has 0 unspecified atom stereocenters. The number of rotatable bonds is 6. The first-order valence-corrected chi connectivity index (χ1v) is 8.60. The third kappa shape index (κ3) is 3.93. The normalized spacial score (nSPS) is 20.9. The van der Waals surface area contributed by atoms with Gasteiger partial charge in [0.2, 0.25) is 0 Å². The minimum absolute atomic E-state index is 0.780. The van der Waals surface area contributed by atoms with Gasteiger partial charge in [-0.15, -0.1) is 11.3 Å². The maximum Gasteiger partial charge on any atom is 0.185 e. The van der Waals surface area contributed by atoms with E-state index in [1.165, 1.54) is 55.3 Å². The van der Waals surface area contributed by atoms with E-state index in [-0.39, 0.29) is 0 Å². The van der Waals surface area contributed by atoms with E-state index in [9.17, 15) is 0 Å². The van der Waals surface area contributed by atoms with Crippen LogP contribution in [0.2, 0.25) is 0 Å². The van der Waals surface area contributed by atoms with Crippen LogP contribution in [0.1, 0.15) is 30.6 Å². The largest absolute Gasteiger partial charge is 0.348 e. The van der Waals surface area contributed by atoms with Crippen molar-refractivity contribution in [2.75, 3.05) is 38.6 Å². The van der Waals surface area contributed by atoms with Crippen LogP contribution < -0.4 is 10.2 Å². The van der Waals surface area contributed by atoms with Crippen LogP contribution in [-0.2, 0) is 6.54 Å². The summed E-state index contributed by atoms with van der Waals surface area (Å²) < 4.78 is 0. The fourth-order valence-electron chi connectivity index (χ4n) is 2.88. The van der Waals surface area contributed by atoms with Gasteiger partial charge in [-0.05, 0) is 45.7 Å². The molecule has 1 aromatic heterocycles. The quantitative estimate of drug-likeness (QED) is 0.871. The van der Waals surface area contributed by atoms with Crippen molar-refractivity contribution in [3.63, 3.8) is 0 Å². The van der Waals surface area contributed by atoms with Gasteiger partial charge in [0.05, 0.1) is 0 Å². The lowest BCUT2D eigenvalue weighted by Gasteiger charge is -2.32. The van der Waals surface area contributed by atoms with E-state index in [4.69, 9.17) is 0 Å². The van der Waals surface area contributed by atoms with Crippen LogP contribution in [-0.4, -0.2) is 49.7 Å². The van der Waals surface area contributed by atoms with Crippen molar-refractivity contribution in [3.8, 4) is 0 Å². The molecule has 1 saturated carbocycles. The fraction of sp³-hybridized carbons (Fsp3) is 0.800. The predicted molar refractivity (Wildman–Crippen MR) is 85.5 cm³/mol. The molecule has 2 aliphatic rings. The maximum atomic E-state index is 4.62. The Morgan fingerprint density at radius 2 is 2.05 bits per heavy atom. The number of nitrogens with zero attached hydrogens (tertiary/aromatic N) is 3. The Morgan fingerprint density at radius 3 is 2.70 bits per heavy atom. The molecule has 112 valence electrons. The molecular weight excluding hydrogens is 268 g/mol. The lowest BCUT2D eigenvalue weighted by atomic mass is 9.97. The summed E-state index contributed by atoms with van der Waals surface area (Å²) in [6.07, 6.45) is 7.36. The van der Waals surface area contributed by atoms with E-state index in [1.807, 2.05) is 11.3 Å². The van der Waals surface area contributed by atoms with Crippen LogP contribution in [0.25, 0.3) is 0 Å². The Kier molecular flexibility index (Phi) is 4.58. The topological polar surface area (TPSA) is 31.4 Å². The summed E-state index contributed by atoms with van der Waals surface area (Å²) >= 11 is 1.87. The highest BCUT2D eigenvalue weighted by atomic mass is 32.1. The Morgan fingerprint density at radius 1 is 1.30 bits per heavy atom. The van der Waals surface area contributed by atoms with Crippen LogP contribution in [0.5, 0.6) is 0 Å². The number of aromatic nitrogens is 1. The third-order valence-corrected chi connectivity index (χ3v) is 5.25. The number of anilines is 1. The van der Waals surface area contributed by atoms with Crippen LogP contribution in [0.4, 0.5) is 5.13 Å². The summed E-state index contributed by atoms with van der Waals surface area (Å²) in [5.74, 6) is 0.859. The molecule has 0 aromatic carbocycles. The molecule has 1 N–H and O–H groups in total. The average Bonchev–Trinajstić information content (AvgIpc) is 3.14. The van der Waals surface area contributed by atoms with E-state index < -0.39 is 0 Å². The number of piperidine rings is 1. The van der Waals surface area contributed by atoms with Crippen molar-refractivity contribution < 1.29 is 0 Å².